The van der Waals surface area contributed by atoms with Crippen LogP contribution < -0.4 is 0 Å². The summed E-state index contributed by atoms with van der Waals surface area (Å²) in [6, 6.07) is 13.6. The number of nitrogens with zero attached hydrogens (tertiary/aromatic N) is 2. The van der Waals surface area contributed by atoms with Crippen molar-refractivity contribution in [1.82, 2.24) is 9.80 Å². The van der Waals surface area contributed by atoms with Gasteiger partial charge in [-0.3, -0.25) is 9.59 Å². The number of hydrogen-bond acceptors (Lipinski definition) is 5. The van der Waals surface area contributed by atoms with Gasteiger partial charge in [-0.2, -0.15) is 0 Å². The fourth-order valence-corrected chi connectivity index (χ4v) is 4.61. The van der Waals surface area contributed by atoms with Crippen molar-refractivity contribution in [2.75, 3.05) is 26.7 Å². The van der Waals surface area contributed by atoms with Gasteiger partial charge in [0.25, 0.3) is 5.91 Å². The van der Waals surface area contributed by atoms with Crippen LogP contribution in [-0.4, -0.2) is 60.5 Å². The quantitative estimate of drug-likeness (QED) is 0.658. The minimum absolute atomic E-state index is 0.0141. The van der Waals surface area contributed by atoms with E-state index in [9.17, 15) is 9.59 Å². The highest BCUT2D eigenvalue weighted by Crippen LogP contribution is 2.25. The number of benzene rings is 1. The van der Waals surface area contributed by atoms with Crippen LogP contribution in [0.15, 0.2) is 46.9 Å². The van der Waals surface area contributed by atoms with E-state index in [-0.39, 0.29) is 36.3 Å². The predicted octanol–water partition coefficient (Wildman–Crippen LogP) is 3.63. The zero-order chi connectivity index (χ0) is 22.3. The summed E-state index contributed by atoms with van der Waals surface area (Å²) in [6.45, 7) is 1.64. The number of methoxy groups -OCH3 is 1. The van der Waals surface area contributed by atoms with Crippen molar-refractivity contribution in [2.45, 2.75) is 57.5 Å². The zero-order valence-electron chi connectivity index (χ0n) is 18.7. The molecule has 172 valence electrons. The summed E-state index contributed by atoms with van der Waals surface area (Å²) in [4.78, 5) is 29.9. The molecule has 0 spiro atoms. The number of ether oxygens (including phenoxy) is 2. The van der Waals surface area contributed by atoms with Gasteiger partial charge in [0.2, 0.25) is 5.91 Å². The SMILES string of the molecule is COCc1ccc(C(=O)N2CC(=O)N(C3CCCCC3)C[C@@H](OCc3ccccc3)C2)o1. The number of carbonyl (C=O) groups excluding carboxylic acids is 2. The van der Waals surface area contributed by atoms with Gasteiger partial charge in [0, 0.05) is 26.2 Å². The highest BCUT2D eigenvalue weighted by Gasteiger charge is 2.35. The van der Waals surface area contributed by atoms with Gasteiger partial charge in [0.1, 0.15) is 18.9 Å². The molecule has 1 aliphatic heterocycles. The fourth-order valence-electron chi connectivity index (χ4n) is 4.61. The van der Waals surface area contributed by atoms with Crippen LogP contribution in [-0.2, 0) is 27.5 Å². The topological polar surface area (TPSA) is 72.2 Å². The zero-order valence-corrected chi connectivity index (χ0v) is 18.7. The summed E-state index contributed by atoms with van der Waals surface area (Å²) in [6.07, 6.45) is 5.27. The molecule has 2 fully saturated rings. The molecule has 1 aliphatic carbocycles. The third-order valence-corrected chi connectivity index (χ3v) is 6.26. The van der Waals surface area contributed by atoms with E-state index in [2.05, 4.69) is 0 Å². The Morgan fingerprint density at radius 1 is 1.03 bits per heavy atom. The summed E-state index contributed by atoms with van der Waals surface area (Å²) in [5.41, 5.74) is 1.07. The smallest absolute Gasteiger partial charge is 0.290 e. The molecule has 1 saturated carbocycles. The first-order valence-electron chi connectivity index (χ1n) is 11.5. The van der Waals surface area contributed by atoms with Crippen LogP contribution in [0.4, 0.5) is 0 Å². The minimum Gasteiger partial charge on any atom is -0.453 e. The van der Waals surface area contributed by atoms with E-state index >= 15 is 0 Å². The van der Waals surface area contributed by atoms with Crippen LogP contribution >= 0.6 is 0 Å². The van der Waals surface area contributed by atoms with Crippen molar-refractivity contribution in [1.29, 1.82) is 0 Å². The molecule has 0 unspecified atom stereocenters. The Labute approximate surface area is 189 Å². The Kier molecular flexibility index (Phi) is 7.60. The molecule has 2 aliphatic rings. The van der Waals surface area contributed by atoms with Crippen molar-refractivity contribution < 1.29 is 23.5 Å². The number of carbonyl (C=O) groups is 2. The van der Waals surface area contributed by atoms with Crippen LogP contribution in [0.2, 0.25) is 0 Å². The molecule has 0 radical (unpaired) electrons. The predicted molar refractivity (Wildman–Crippen MR) is 119 cm³/mol. The largest absolute Gasteiger partial charge is 0.453 e. The number of amides is 2. The van der Waals surface area contributed by atoms with E-state index in [1.807, 2.05) is 35.2 Å². The summed E-state index contributed by atoms with van der Waals surface area (Å²) in [5.74, 6) is 0.495. The second kappa shape index (κ2) is 10.8. The van der Waals surface area contributed by atoms with E-state index in [4.69, 9.17) is 13.9 Å². The average molecular weight is 441 g/mol. The van der Waals surface area contributed by atoms with Crippen molar-refractivity contribution in [3.63, 3.8) is 0 Å². The third kappa shape index (κ3) is 5.58. The Morgan fingerprint density at radius 2 is 1.81 bits per heavy atom. The lowest BCUT2D eigenvalue weighted by molar-refractivity contribution is -0.134. The van der Waals surface area contributed by atoms with Gasteiger partial charge in [-0.1, -0.05) is 49.6 Å². The average Bonchev–Trinajstić information content (AvgIpc) is 3.22. The molecular weight excluding hydrogens is 408 g/mol. The lowest BCUT2D eigenvalue weighted by atomic mass is 9.94. The van der Waals surface area contributed by atoms with E-state index in [1.54, 1.807) is 24.1 Å². The van der Waals surface area contributed by atoms with E-state index in [0.717, 1.165) is 31.2 Å². The normalized spacial score (nSPS) is 20.4. The molecule has 32 heavy (non-hydrogen) atoms. The fraction of sp³-hybridized carbons (Fsp3) is 0.520. The summed E-state index contributed by atoms with van der Waals surface area (Å²) in [5, 5.41) is 0. The van der Waals surface area contributed by atoms with Gasteiger partial charge in [0.15, 0.2) is 5.76 Å². The lowest BCUT2D eigenvalue weighted by Crippen LogP contribution is -2.46. The molecule has 0 N–H and O–H groups in total. The van der Waals surface area contributed by atoms with Gasteiger partial charge in [0.05, 0.1) is 12.7 Å². The van der Waals surface area contributed by atoms with Gasteiger partial charge in [-0.05, 0) is 30.5 Å². The molecule has 4 rings (SSSR count). The second-order valence-corrected chi connectivity index (χ2v) is 8.64. The molecule has 0 bridgehead atoms. The van der Waals surface area contributed by atoms with Gasteiger partial charge < -0.3 is 23.7 Å². The van der Waals surface area contributed by atoms with Crippen molar-refractivity contribution in [3.8, 4) is 0 Å². The molecule has 2 amide bonds. The molecule has 1 atom stereocenters. The third-order valence-electron chi connectivity index (χ3n) is 6.26. The Hall–Kier alpha value is -2.64. The molecule has 1 aromatic heterocycles. The van der Waals surface area contributed by atoms with E-state index in [0.29, 0.717) is 32.1 Å². The maximum Gasteiger partial charge on any atom is 0.290 e. The van der Waals surface area contributed by atoms with Gasteiger partial charge >= 0.3 is 0 Å². The summed E-state index contributed by atoms with van der Waals surface area (Å²) >= 11 is 0. The van der Waals surface area contributed by atoms with Crippen LogP contribution in [0.1, 0.15) is 54.0 Å². The van der Waals surface area contributed by atoms with E-state index in [1.165, 1.54) is 6.42 Å². The summed E-state index contributed by atoms with van der Waals surface area (Å²) < 4.78 is 17.0. The molecule has 2 aromatic rings. The van der Waals surface area contributed by atoms with Crippen molar-refractivity contribution in [2.24, 2.45) is 0 Å². The van der Waals surface area contributed by atoms with Crippen molar-refractivity contribution in [3.05, 3.63) is 59.5 Å². The molecule has 1 saturated heterocycles. The minimum atomic E-state index is -0.292. The molecule has 7 nitrogen and oxygen atoms in total. The number of hydrogen-bond donors (Lipinski definition) is 0. The Balaban J connectivity index is 1.51. The maximum atomic E-state index is 13.2. The molecular formula is C25H32N2O5. The highest BCUT2D eigenvalue weighted by atomic mass is 16.5. The highest BCUT2D eigenvalue weighted by molar-refractivity contribution is 5.94. The van der Waals surface area contributed by atoms with Crippen molar-refractivity contribution >= 4 is 11.8 Å². The van der Waals surface area contributed by atoms with Gasteiger partial charge in [-0.15, -0.1) is 0 Å². The lowest BCUT2D eigenvalue weighted by Gasteiger charge is -2.34. The standard InChI is InChI=1S/C25H32N2O5/c1-30-18-21-12-13-23(32-21)25(29)26-14-22(31-17-19-8-4-2-5-9-19)15-27(24(28)16-26)20-10-6-3-7-11-20/h2,4-5,8-9,12-13,20,22H,3,6-7,10-11,14-18H2,1H3/t22-/m0/s1. The second-order valence-electron chi connectivity index (χ2n) is 8.64. The monoisotopic (exact) mass is 440 g/mol. The van der Waals surface area contributed by atoms with Gasteiger partial charge in [-0.25, -0.2) is 0 Å². The van der Waals surface area contributed by atoms with Crippen LogP contribution in [0.5, 0.6) is 0 Å². The Bertz CT molecular complexity index is 891. The van der Waals surface area contributed by atoms with Crippen LogP contribution in [0.3, 0.4) is 0 Å². The Morgan fingerprint density at radius 3 is 2.56 bits per heavy atom. The number of furan rings is 1. The number of rotatable bonds is 7. The van der Waals surface area contributed by atoms with Crippen LogP contribution in [0, 0.1) is 0 Å². The van der Waals surface area contributed by atoms with E-state index < -0.39 is 0 Å². The summed E-state index contributed by atoms with van der Waals surface area (Å²) in [7, 11) is 1.58. The molecule has 7 heteroatoms. The maximum absolute atomic E-state index is 13.2. The first-order chi connectivity index (χ1) is 15.6. The molecule has 2 heterocycles. The van der Waals surface area contributed by atoms with Crippen LogP contribution in [0.25, 0.3) is 0 Å². The molecule has 1 aromatic carbocycles. The first-order valence-corrected chi connectivity index (χ1v) is 11.5. The first kappa shape index (κ1) is 22.6.